The van der Waals surface area contributed by atoms with Crippen molar-refractivity contribution in [3.05, 3.63) is 48.3 Å². The van der Waals surface area contributed by atoms with Crippen LogP contribution in [0.15, 0.2) is 58.1 Å². The summed E-state index contributed by atoms with van der Waals surface area (Å²) >= 11 is 1.38. The maximum Gasteiger partial charge on any atom is 0.171 e. The van der Waals surface area contributed by atoms with Crippen molar-refractivity contribution >= 4 is 28.5 Å². The molecular formula is C13H11N5OS. The molecule has 0 radical (unpaired) electrons. The number of amidine groups is 1. The molecule has 6 nitrogen and oxygen atoms in total. The summed E-state index contributed by atoms with van der Waals surface area (Å²) in [5.41, 5.74) is 7.17. The van der Waals surface area contributed by atoms with Gasteiger partial charge in [-0.1, -0.05) is 23.4 Å². The minimum absolute atomic E-state index is 0.0601. The number of nitrogens with one attached hydrogen (secondary N) is 1. The van der Waals surface area contributed by atoms with E-state index in [9.17, 15) is 0 Å². The summed E-state index contributed by atoms with van der Waals surface area (Å²) in [6.07, 6.45) is 3.42. The highest BCUT2D eigenvalue weighted by Crippen LogP contribution is 2.27. The Morgan fingerprint density at radius 2 is 2.20 bits per heavy atom. The summed E-state index contributed by atoms with van der Waals surface area (Å²) in [4.78, 5) is 11.7. The molecule has 20 heavy (non-hydrogen) atoms. The Hall–Kier alpha value is -2.54. The van der Waals surface area contributed by atoms with Gasteiger partial charge in [0.1, 0.15) is 5.03 Å². The van der Waals surface area contributed by atoms with Crippen LogP contribution < -0.4 is 5.73 Å². The number of fused-ring (bicyclic) bond motifs is 1. The molecule has 0 atom stereocenters. The molecule has 0 spiro atoms. The Labute approximate surface area is 118 Å². The second kappa shape index (κ2) is 5.22. The average Bonchev–Trinajstić information content (AvgIpc) is 2.98. The Morgan fingerprint density at radius 3 is 2.95 bits per heavy atom. The maximum atomic E-state index is 8.91. The predicted octanol–water partition coefficient (Wildman–Crippen LogP) is 2.20. The van der Waals surface area contributed by atoms with Gasteiger partial charge < -0.3 is 15.9 Å². The molecule has 0 aliphatic carbocycles. The summed E-state index contributed by atoms with van der Waals surface area (Å²) in [5, 5.41) is 14.3. The molecular weight excluding hydrogens is 274 g/mol. The molecule has 4 N–H and O–H groups in total. The van der Waals surface area contributed by atoms with Gasteiger partial charge in [0.05, 0.1) is 5.52 Å². The van der Waals surface area contributed by atoms with Gasteiger partial charge >= 0.3 is 0 Å². The second-order valence-corrected chi connectivity index (χ2v) is 5.02. The van der Waals surface area contributed by atoms with Crippen LogP contribution in [0.3, 0.4) is 0 Å². The van der Waals surface area contributed by atoms with Crippen molar-refractivity contribution in [3.8, 4) is 0 Å². The highest BCUT2D eigenvalue weighted by atomic mass is 32.2. The zero-order valence-electron chi connectivity index (χ0n) is 10.3. The van der Waals surface area contributed by atoms with E-state index >= 15 is 0 Å². The average molecular weight is 285 g/mol. The topological polar surface area (TPSA) is 100 Å². The van der Waals surface area contributed by atoms with Gasteiger partial charge in [0.2, 0.25) is 0 Å². The highest BCUT2D eigenvalue weighted by molar-refractivity contribution is 7.99. The van der Waals surface area contributed by atoms with E-state index in [2.05, 4.69) is 20.1 Å². The normalized spacial score (nSPS) is 11.9. The summed E-state index contributed by atoms with van der Waals surface area (Å²) in [6.45, 7) is 0. The van der Waals surface area contributed by atoms with Gasteiger partial charge in [0.15, 0.2) is 11.0 Å². The van der Waals surface area contributed by atoms with Gasteiger partial charge in [-0.05, 0) is 23.9 Å². The molecule has 100 valence electrons. The van der Waals surface area contributed by atoms with Crippen molar-refractivity contribution in [2.24, 2.45) is 10.9 Å². The van der Waals surface area contributed by atoms with Crippen molar-refractivity contribution in [3.63, 3.8) is 0 Å². The molecule has 3 aromatic rings. The first-order valence-corrected chi connectivity index (χ1v) is 6.64. The number of hydrogen-bond donors (Lipinski definition) is 3. The summed E-state index contributed by atoms with van der Waals surface area (Å²) < 4.78 is 0. The highest BCUT2D eigenvalue weighted by Gasteiger charge is 2.10. The molecule has 0 fully saturated rings. The predicted molar refractivity (Wildman–Crippen MR) is 77.0 cm³/mol. The van der Waals surface area contributed by atoms with E-state index in [4.69, 9.17) is 10.9 Å². The zero-order valence-corrected chi connectivity index (χ0v) is 11.1. The molecule has 0 aliphatic heterocycles. The Morgan fingerprint density at radius 1 is 1.35 bits per heavy atom. The number of benzene rings is 1. The first-order chi connectivity index (χ1) is 9.78. The molecule has 0 saturated heterocycles. The lowest BCUT2D eigenvalue weighted by atomic mass is 10.1. The first kappa shape index (κ1) is 12.5. The first-order valence-electron chi connectivity index (χ1n) is 5.83. The van der Waals surface area contributed by atoms with Gasteiger partial charge in [-0.15, -0.1) is 0 Å². The molecule has 0 saturated carbocycles. The van der Waals surface area contributed by atoms with E-state index in [1.54, 1.807) is 18.5 Å². The SMILES string of the molecule is N/C(=N/O)c1cc(Sc2ncc[nH]2)nc2ccccc12. The number of nitrogens with zero attached hydrogens (tertiary/aromatic N) is 3. The van der Waals surface area contributed by atoms with Crippen molar-refractivity contribution in [1.29, 1.82) is 0 Å². The van der Waals surface area contributed by atoms with Gasteiger partial charge in [-0.2, -0.15) is 0 Å². The Bertz CT molecular complexity index is 770. The van der Waals surface area contributed by atoms with E-state index in [-0.39, 0.29) is 5.84 Å². The zero-order chi connectivity index (χ0) is 13.9. The molecule has 0 aliphatic rings. The summed E-state index contributed by atoms with van der Waals surface area (Å²) in [5.74, 6) is 0.0601. The number of aromatic amines is 1. The van der Waals surface area contributed by atoms with E-state index in [0.29, 0.717) is 5.56 Å². The lowest BCUT2D eigenvalue weighted by Crippen LogP contribution is -2.14. The van der Waals surface area contributed by atoms with Crippen LogP contribution >= 0.6 is 11.8 Å². The third-order valence-corrected chi connectivity index (χ3v) is 3.59. The number of para-hydroxylation sites is 1. The Kier molecular flexibility index (Phi) is 3.26. The number of rotatable bonds is 3. The van der Waals surface area contributed by atoms with Gasteiger partial charge in [0.25, 0.3) is 0 Å². The van der Waals surface area contributed by atoms with Crippen LogP contribution in [0.4, 0.5) is 0 Å². The molecule has 1 aromatic carbocycles. The number of oxime groups is 1. The molecule has 7 heteroatoms. The fourth-order valence-corrected chi connectivity index (χ4v) is 2.63. The van der Waals surface area contributed by atoms with Crippen LogP contribution in [0.1, 0.15) is 5.56 Å². The van der Waals surface area contributed by atoms with Crippen molar-refractivity contribution in [2.75, 3.05) is 0 Å². The van der Waals surface area contributed by atoms with Crippen LogP contribution in [0.5, 0.6) is 0 Å². The molecule has 0 unspecified atom stereocenters. The molecule has 0 bridgehead atoms. The van der Waals surface area contributed by atoms with Crippen LogP contribution in [0.25, 0.3) is 10.9 Å². The molecule has 2 heterocycles. The Balaban J connectivity index is 2.14. The van der Waals surface area contributed by atoms with E-state index in [1.165, 1.54) is 11.8 Å². The van der Waals surface area contributed by atoms with Crippen LogP contribution in [-0.4, -0.2) is 26.0 Å². The summed E-state index contributed by atoms with van der Waals surface area (Å²) in [6, 6.07) is 9.33. The van der Waals surface area contributed by atoms with Crippen LogP contribution in [0.2, 0.25) is 0 Å². The number of H-pyrrole nitrogens is 1. The van der Waals surface area contributed by atoms with Gasteiger partial charge in [-0.25, -0.2) is 9.97 Å². The largest absolute Gasteiger partial charge is 0.409 e. The van der Waals surface area contributed by atoms with Crippen LogP contribution in [-0.2, 0) is 0 Å². The number of pyridine rings is 1. The lowest BCUT2D eigenvalue weighted by molar-refractivity contribution is 0.318. The molecule has 0 amide bonds. The van der Waals surface area contributed by atoms with Crippen molar-refractivity contribution in [2.45, 2.75) is 10.2 Å². The summed E-state index contributed by atoms with van der Waals surface area (Å²) in [7, 11) is 0. The van der Waals surface area contributed by atoms with Crippen molar-refractivity contribution < 1.29 is 5.21 Å². The van der Waals surface area contributed by atoms with Gasteiger partial charge in [-0.3, -0.25) is 0 Å². The van der Waals surface area contributed by atoms with E-state index < -0.39 is 0 Å². The minimum atomic E-state index is 0.0601. The number of aromatic nitrogens is 3. The fourth-order valence-electron chi connectivity index (χ4n) is 1.87. The monoisotopic (exact) mass is 285 g/mol. The number of imidazole rings is 1. The standard InChI is InChI=1S/C13H11N5OS/c14-12(18-19)9-7-11(20-13-15-5-6-16-13)17-10-4-2-1-3-8(9)10/h1-7,19H,(H2,14,18)(H,15,16). The molecule has 2 aromatic heterocycles. The third-order valence-electron chi connectivity index (χ3n) is 2.75. The second-order valence-electron chi connectivity index (χ2n) is 4.01. The molecule has 3 rings (SSSR count). The third kappa shape index (κ3) is 2.30. The lowest BCUT2D eigenvalue weighted by Gasteiger charge is -2.07. The minimum Gasteiger partial charge on any atom is -0.409 e. The van der Waals surface area contributed by atoms with E-state index in [0.717, 1.165) is 21.1 Å². The van der Waals surface area contributed by atoms with Crippen LogP contribution in [0, 0.1) is 0 Å². The fraction of sp³-hybridized carbons (Fsp3) is 0. The van der Waals surface area contributed by atoms with Crippen molar-refractivity contribution in [1.82, 2.24) is 15.0 Å². The van der Waals surface area contributed by atoms with E-state index in [1.807, 2.05) is 24.3 Å². The number of hydrogen-bond acceptors (Lipinski definition) is 5. The quantitative estimate of drug-likeness (QED) is 0.296. The maximum absolute atomic E-state index is 8.91. The number of nitrogens with two attached hydrogens (primary N) is 1. The van der Waals surface area contributed by atoms with Gasteiger partial charge in [0, 0.05) is 23.3 Å². The smallest absolute Gasteiger partial charge is 0.171 e.